The maximum Gasteiger partial charge on any atom is 0.271 e. The van der Waals surface area contributed by atoms with E-state index in [0.29, 0.717) is 17.4 Å². The van der Waals surface area contributed by atoms with Gasteiger partial charge in [-0.1, -0.05) is 11.6 Å². The van der Waals surface area contributed by atoms with Crippen molar-refractivity contribution in [3.63, 3.8) is 0 Å². The average Bonchev–Trinajstić information content (AvgIpc) is 2.84. The Bertz CT molecular complexity index is 611. The monoisotopic (exact) mass is 293 g/mol. The highest BCUT2D eigenvalue weighted by molar-refractivity contribution is 6.33. The van der Waals surface area contributed by atoms with Crippen molar-refractivity contribution in [2.45, 2.75) is 13.5 Å². The number of aromatic nitrogens is 3. The first-order valence-corrected chi connectivity index (χ1v) is 6.65. The molecule has 2 N–H and O–H groups in total. The third-order valence-corrected chi connectivity index (χ3v) is 2.92. The third kappa shape index (κ3) is 3.48. The molecule has 0 aliphatic heterocycles. The van der Waals surface area contributed by atoms with Gasteiger partial charge in [0.1, 0.15) is 11.5 Å². The van der Waals surface area contributed by atoms with Gasteiger partial charge in [0.15, 0.2) is 0 Å². The van der Waals surface area contributed by atoms with Crippen LogP contribution in [0.5, 0.6) is 0 Å². The lowest BCUT2D eigenvalue weighted by molar-refractivity contribution is 0.0945. The van der Waals surface area contributed by atoms with Gasteiger partial charge in [0.25, 0.3) is 5.91 Å². The number of amides is 1. The summed E-state index contributed by atoms with van der Waals surface area (Å²) in [4.78, 5) is 16.3. The molecule has 7 heteroatoms. The van der Waals surface area contributed by atoms with Crippen LogP contribution >= 0.6 is 11.6 Å². The van der Waals surface area contributed by atoms with Crippen molar-refractivity contribution in [2.24, 2.45) is 7.05 Å². The van der Waals surface area contributed by atoms with Gasteiger partial charge in [-0.15, -0.1) is 0 Å². The summed E-state index contributed by atoms with van der Waals surface area (Å²) in [6, 6.07) is 5.23. The van der Waals surface area contributed by atoms with Crippen LogP contribution in [0.4, 0.5) is 5.82 Å². The fourth-order valence-corrected chi connectivity index (χ4v) is 1.88. The molecule has 0 aromatic carbocycles. The number of aryl methyl sites for hydroxylation is 1. The number of nitrogens with zero attached hydrogens (tertiary/aromatic N) is 3. The second kappa shape index (κ2) is 6.38. The maximum absolute atomic E-state index is 12.1. The molecule has 0 spiro atoms. The zero-order chi connectivity index (χ0) is 14.5. The molecule has 2 aromatic heterocycles. The number of carbonyl (C=O) groups is 1. The van der Waals surface area contributed by atoms with Crippen molar-refractivity contribution in [3.05, 3.63) is 40.8 Å². The molecule has 0 saturated carbocycles. The van der Waals surface area contributed by atoms with E-state index in [0.717, 1.165) is 12.2 Å². The van der Waals surface area contributed by atoms with E-state index in [1.54, 1.807) is 16.8 Å². The van der Waals surface area contributed by atoms with E-state index in [4.69, 9.17) is 11.6 Å². The zero-order valence-electron chi connectivity index (χ0n) is 11.4. The fraction of sp³-hybridized carbons (Fsp3) is 0.308. The Morgan fingerprint density at radius 1 is 1.40 bits per heavy atom. The van der Waals surface area contributed by atoms with Gasteiger partial charge < -0.3 is 10.6 Å². The molecule has 6 nitrogen and oxygen atoms in total. The SMILES string of the molecule is CCNc1ccc(Cl)c(C(=O)NCc2ccn(C)n2)n1. The first-order valence-electron chi connectivity index (χ1n) is 6.27. The maximum atomic E-state index is 12.1. The Labute approximate surface area is 122 Å². The van der Waals surface area contributed by atoms with Crippen molar-refractivity contribution in [3.8, 4) is 0 Å². The highest BCUT2D eigenvalue weighted by atomic mass is 35.5. The second-order valence-corrected chi connectivity index (χ2v) is 4.63. The molecule has 0 bridgehead atoms. The van der Waals surface area contributed by atoms with Gasteiger partial charge in [0.2, 0.25) is 0 Å². The summed E-state index contributed by atoms with van der Waals surface area (Å²) in [6.45, 7) is 3.02. The minimum absolute atomic E-state index is 0.209. The molecular weight excluding hydrogens is 278 g/mol. The van der Waals surface area contributed by atoms with E-state index in [1.807, 2.05) is 26.2 Å². The molecule has 0 aliphatic rings. The van der Waals surface area contributed by atoms with Crippen LogP contribution in [0.2, 0.25) is 5.02 Å². The average molecular weight is 294 g/mol. The van der Waals surface area contributed by atoms with Crippen LogP contribution in [0.25, 0.3) is 0 Å². The summed E-state index contributed by atoms with van der Waals surface area (Å²) in [7, 11) is 1.82. The van der Waals surface area contributed by atoms with E-state index in [1.165, 1.54) is 0 Å². The van der Waals surface area contributed by atoms with E-state index < -0.39 is 0 Å². The standard InChI is InChI=1S/C13H16ClN5O/c1-3-15-11-5-4-10(14)12(17-11)13(20)16-8-9-6-7-19(2)18-9/h4-7H,3,8H2,1-2H3,(H,15,17)(H,16,20). The summed E-state index contributed by atoms with van der Waals surface area (Å²) in [5.41, 5.74) is 0.987. The Kier molecular flexibility index (Phi) is 4.57. The molecule has 0 atom stereocenters. The van der Waals surface area contributed by atoms with Gasteiger partial charge in [-0.25, -0.2) is 4.98 Å². The van der Waals surface area contributed by atoms with Crippen molar-refractivity contribution in [2.75, 3.05) is 11.9 Å². The summed E-state index contributed by atoms with van der Waals surface area (Å²) in [5, 5.41) is 10.3. The molecule has 0 saturated heterocycles. The van der Waals surface area contributed by atoms with Crippen LogP contribution < -0.4 is 10.6 Å². The molecule has 1 amide bonds. The van der Waals surface area contributed by atoms with Gasteiger partial charge >= 0.3 is 0 Å². The normalized spacial score (nSPS) is 10.3. The minimum atomic E-state index is -0.319. The molecule has 106 valence electrons. The third-order valence-electron chi connectivity index (χ3n) is 2.62. The molecule has 0 unspecified atom stereocenters. The number of anilines is 1. The molecule has 0 aliphatic carbocycles. The van der Waals surface area contributed by atoms with Crippen molar-refractivity contribution in [1.82, 2.24) is 20.1 Å². The van der Waals surface area contributed by atoms with E-state index in [9.17, 15) is 4.79 Å². The Morgan fingerprint density at radius 3 is 2.85 bits per heavy atom. The summed E-state index contributed by atoms with van der Waals surface area (Å²) < 4.78 is 1.68. The lowest BCUT2D eigenvalue weighted by Crippen LogP contribution is -2.24. The van der Waals surface area contributed by atoms with Crippen LogP contribution in [0.1, 0.15) is 23.1 Å². The van der Waals surface area contributed by atoms with Gasteiger partial charge in [0, 0.05) is 19.8 Å². The number of carbonyl (C=O) groups excluding carboxylic acids is 1. The summed E-state index contributed by atoms with van der Waals surface area (Å²) >= 11 is 6.01. The van der Waals surface area contributed by atoms with E-state index in [2.05, 4.69) is 20.7 Å². The highest BCUT2D eigenvalue weighted by Crippen LogP contribution is 2.16. The molecule has 2 heterocycles. The first-order chi connectivity index (χ1) is 9.60. The predicted octanol–water partition coefficient (Wildman–Crippen LogP) is 1.83. The second-order valence-electron chi connectivity index (χ2n) is 4.22. The Balaban J connectivity index is 2.06. The molecular formula is C13H16ClN5O. The summed E-state index contributed by atoms with van der Waals surface area (Å²) in [6.07, 6.45) is 1.82. The van der Waals surface area contributed by atoms with Crippen molar-refractivity contribution < 1.29 is 4.79 Å². The number of rotatable bonds is 5. The number of halogens is 1. The van der Waals surface area contributed by atoms with Crippen LogP contribution in [0, 0.1) is 0 Å². The quantitative estimate of drug-likeness (QED) is 0.882. The lowest BCUT2D eigenvalue weighted by atomic mass is 10.3. The fourth-order valence-electron chi connectivity index (χ4n) is 1.69. The van der Waals surface area contributed by atoms with Gasteiger partial charge in [0.05, 0.1) is 17.3 Å². The lowest BCUT2D eigenvalue weighted by Gasteiger charge is -2.07. The molecule has 2 rings (SSSR count). The Morgan fingerprint density at radius 2 is 2.20 bits per heavy atom. The van der Waals surface area contributed by atoms with Crippen LogP contribution in [-0.4, -0.2) is 27.2 Å². The number of hydrogen-bond acceptors (Lipinski definition) is 4. The number of hydrogen-bond donors (Lipinski definition) is 2. The smallest absolute Gasteiger partial charge is 0.271 e. The minimum Gasteiger partial charge on any atom is -0.370 e. The number of nitrogens with one attached hydrogen (secondary N) is 2. The van der Waals surface area contributed by atoms with Crippen molar-refractivity contribution >= 4 is 23.3 Å². The summed E-state index contributed by atoms with van der Waals surface area (Å²) in [5.74, 6) is 0.306. The number of pyridine rings is 1. The molecule has 20 heavy (non-hydrogen) atoms. The predicted molar refractivity (Wildman–Crippen MR) is 77.8 cm³/mol. The van der Waals surface area contributed by atoms with Gasteiger partial charge in [-0.2, -0.15) is 5.10 Å². The molecule has 2 aromatic rings. The van der Waals surface area contributed by atoms with Crippen LogP contribution in [0.3, 0.4) is 0 Å². The van der Waals surface area contributed by atoms with Gasteiger partial charge in [-0.3, -0.25) is 9.48 Å². The molecule has 0 radical (unpaired) electrons. The van der Waals surface area contributed by atoms with Gasteiger partial charge in [-0.05, 0) is 25.1 Å². The van der Waals surface area contributed by atoms with Crippen LogP contribution in [-0.2, 0) is 13.6 Å². The van der Waals surface area contributed by atoms with Crippen molar-refractivity contribution in [1.29, 1.82) is 0 Å². The topological polar surface area (TPSA) is 71.8 Å². The van der Waals surface area contributed by atoms with Crippen LogP contribution in [0.15, 0.2) is 24.4 Å². The highest BCUT2D eigenvalue weighted by Gasteiger charge is 2.13. The molecule has 0 fully saturated rings. The first kappa shape index (κ1) is 14.3. The van der Waals surface area contributed by atoms with E-state index in [-0.39, 0.29) is 11.6 Å². The Hall–Kier alpha value is -2.08. The van der Waals surface area contributed by atoms with E-state index >= 15 is 0 Å². The largest absolute Gasteiger partial charge is 0.370 e. The zero-order valence-corrected chi connectivity index (χ0v) is 12.1.